The number of allylic oxidation sites excluding steroid dienone is 1. The van der Waals surface area contributed by atoms with E-state index in [0.29, 0.717) is 0 Å². The van der Waals surface area contributed by atoms with E-state index in [0.717, 1.165) is 17.3 Å². The van der Waals surface area contributed by atoms with Gasteiger partial charge < -0.3 is 4.57 Å². The van der Waals surface area contributed by atoms with E-state index in [9.17, 15) is 4.57 Å². The summed E-state index contributed by atoms with van der Waals surface area (Å²) in [5.74, 6) is 0.256. The maximum Gasteiger partial charge on any atom is 0.109 e. The average Bonchev–Trinajstić information content (AvgIpc) is 3.06. The number of benzene rings is 7. The van der Waals surface area contributed by atoms with Crippen molar-refractivity contribution in [3.05, 3.63) is 156 Å². The predicted molar refractivity (Wildman–Crippen MR) is 191 cm³/mol. The summed E-state index contributed by atoms with van der Waals surface area (Å²) in [5, 5.41) is 8.57. The van der Waals surface area contributed by atoms with Crippen molar-refractivity contribution in [2.24, 2.45) is 0 Å². The van der Waals surface area contributed by atoms with Gasteiger partial charge in [0.15, 0.2) is 0 Å². The third-order valence-corrected chi connectivity index (χ3v) is 10.8. The minimum absolute atomic E-state index is 0.256. The van der Waals surface area contributed by atoms with Gasteiger partial charge in [-0.1, -0.05) is 133 Å². The lowest BCUT2D eigenvalue weighted by molar-refractivity contribution is 0.588. The van der Waals surface area contributed by atoms with Gasteiger partial charge in [-0.15, -0.1) is 0 Å². The molecule has 1 nitrogen and oxygen atoms in total. The third kappa shape index (κ3) is 4.60. The molecule has 0 bridgehead atoms. The lowest BCUT2D eigenvalue weighted by atomic mass is 9.78. The second-order valence-corrected chi connectivity index (χ2v) is 15.6. The maximum atomic E-state index is 12.7. The molecule has 2 heteroatoms. The molecule has 7 aromatic carbocycles. The summed E-state index contributed by atoms with van der Waals surface area (Å²) in [6, 6.07) is 48.5. The fraction of sp³-hybridized carbons (Fsp3) is 0.0952. The summed E-state index contributed by atoms with van der Waals surface area (Å²) < 4.78 is 12.7. The molecule has 212 valence electrons. The molecule has 1 atom stereocenters. The molecule has 0 N–H and O–H groups in total. The Morgan fingerprint density at radius 3 is 2.05 bits per heavy atom. The van der Waals surface area contributed by atoms with E-state index >= 15 is 0 Å². The van der Waals surface area contributed by atoms with E-state index in [4.69, 9.17) is 0 Å². The molecule has 0 amide bonds. The van der Waals surface area contributed by atoms with Crippen molar-refractivity contribution >= 4 is 50.8 Å². The fourth-order valence-electron chi connectivity index (χ4n) is 7.06. The Bertz CT molecular complexity index is 2300. The van der Waals surface area contributed by atoms with Crippen molar-refractivity contribution in [1.29, 1.82) is 0 Å². The van der Waals surface area contributed by atoms with Crippen molar-refractivity contribution in [2.45, 2.75) is 12.3 Å². The van der Waals surface area contributed by atoms with Gasteiger partial charge in [-0.25, -0.2) is 0 Å². The standard InChI is InChI=1S/C42H33OP/c1-44(2,43)36-22-19-30(20-23-36)33-21-24-39-40(27-33)42(35-18-16-29-10-4-6-12-32(29)26-35)38-14-8-7-13-37(38)41(39)34-17-15-28-9-3-5-11-31(28)25-34/h3-25,27,35H,26H2,1-2H3. The van der Waals surface area contributed by atoms with Gasteiger partial charge in [-0.3, -0.25) is 0 Å². The van der Waals surface area contributed by atoms with Gasteiger partial charge in [0.05, 0.1) is 0 Å². The summed E-state index contributed by atoms with van der Waals surface area (Å²) >= 11 is 0. The van der Waals surface area contributed by atoms with Gasteiger partial charge in [-0.05, 0) is 103 Å². The Hall–Kier alpha value is -4.71. The molecular formula is C42H33OP. The molecule has 0 spiro atoms. The largest absolute Gasteiger partial charge is 0.319 e. The minimum atomic E-state index is -2.32. The molecule has 8 rings (SSSR count). The van der Waals surface area contributed by atoms with Crippen LogP contribution in [0, 0.1) is 0 Å². The molecule has 0 saturated carbocycles. The topological polar surface area (TPSA) is 17.1 Å². The lowest BCUT2D eigenvalue weighted by Crippen LogP contribution is -2.07. The van der Waals surface area contributed by atoms with Crippen LogP contribution in [-0.2, 0) is 11.0 Å². The van der Waals surface area contributed by atoms with E-state index in [1.807, 2.05) is 25.5 Å². The first-order chi connectivity index (χ1) is 21.4. The molecule has 0 aliphatic heterocycles. The number of rotatable bonds is 4. The van der Waals surface area contributed by atoms with Crippen LogP contribution >= 0.6 is 7.14 Å². The smallest absolute Gasteiger partial charge is 0.109 e. The summed E-state index contributed by atoms with van der Waals surface area (Å²) in [5.41, 5.74) is 8.93. The first kappa shape index (κ1) is 26.9. The van der Waals surface area contributed by atoms with Crippen LogP contribution in [0.3, 0.4) is 0 Å². The molecule has 0 heterocycles. The van der Waals surface area contributed by atoms with Crippen molar-refractivity contribution in [2.75, 3.05) is 13.3 Å². The highest BCUT2D eigenvalue weighted by Gasteiger charge is 2.23. The first-order valence-electron chi connectivity index (χ1n) is 15.3. The molecule has 1 aliphatic carbocycles. The maximum absolute atomic E-state index is 12.7. The first-order valence-corrected chi connectivity index (χ1v) is 17.9. The van der Waals surface area contributed by atoms with Crippen molar-refractivity contribution < 1.29 is 4.57 Å². The van der Waals surface area contributed by atoms with Crippen LogP contribution in [0.2, 0.25) is 0 Å². The van der Waals surface area contributed by atoms with Crippen molar-refractivity contribution in [3.8, 4) is 22.3 Å². The summed E-state index contributed by atoms with van der Waals surface area (Å²) in [7, 11) is -2.32. The zero-order chi connectivity index (χ0) is 29.8. The Labute approximate surface area is 258 Å². The normalized spacial score (nSPS) is 14.7. The van der Waals surface area contributed by atoms with E-state index in [-0.39, 0.29) is 5.92 Å². The van der Waals surface area contributed by atoms with E-state index in [1.54, 1.807) is 0 Å². The van der Waals surface area contributed by atoms with Crippen LogP contribution in [0.5, 0.6) is 0 Å². The lowest BCUT2D eigenvalue weighted by Gasteiger charge is -2.25. The molecule has 1 aliphatic rings. The van der Waals surface area contributed by atoms with E-state index in [2.05, 4.69) is 133 Å². The van der Waals surface area contributed by atoms with Gasteiger partial charge >= 0.3 is 0 Å². The SMILES string of the molecule is CP(C)(=O)c1ccc(-c2ccc3c(-c4ccc5ccccc5c4)c4ccccc4c(C4C=Cc5ccccc5C4)c3c2)cc1. The highest BCUT2D eigenvalue weighted by atomic mass is 31.2. The molecule has 7 aromatic rings. The minimum Gasteiger partial charge on any atom is -0.319 e. The highest BCUT2D eigenvalue weighted by molar-refractivity contribution is 7.70. The van der Waals surface area contributed by atoms with E-state index in [1.165, 1.54) is 65.7 Å². The van der Waals surface area contributed by atoms with Gasteiger partial charge in [0.1, 0.15) is 7.14 Å². The molecule has 1 unspecified atom stereocenters. The molecule has 0 saturated heterocycles. The Morgan fingerprint density at radius 2 is 1.23 bits per heavy atom. The Balaban J connectivity index is 1.41. The van der Waals surface area contributed by atoms with Crippen LogP contribution < -0.4 is 5.30 Å². The molecule has 0 fully saturated rings. The number of fused-ring (bicyclic) bond motifs is 4. The molecule has 0 radical (unpaired) electrons. The monoisotopic (exact) mass is 584 g/mol. The van der Waals surface area contributed by atoms with Gasteiger partial charge in [0.25, 0.3) is 0 Å². The van der Waals surface area contributed by atoms with Gasteiger partial charge in [0.2, 0.25) is 0 Å². The summed E-state index contributed by atoms with van der Waals surface area (Å²) in [6.45, 7) is 3.67. The summed E-state index contributed by atoms with van der Waals surface area (Å²) in [4.78, 5) is 0. The van der Waals surface area contributed by atoms with Crippen molar-refractivity contribution in [3.63, 3.8) is 0 Å². The average molecular weight is 585 g/mol. The van der Waals surface area contributed by atoms with Crippen LogP contribution in [0.4, 0.5) is 0 Å². The quantitative estimate of drug-likeness (QED) is 0.149. The predicted octanol–water partition coefficient (Wildman–Crippen LogP) is 11.1. The van der Waals surface area contributed by atoms with Gasteiger partial charge in [-0.2, -0.15) is 0 Å². The van der Waals surface area contributed by atoms with Crippen LogP contribution in [0.15, 0.2) is 140 Å². The summed E-state index contributed by atoms with van der Waals surface area (Å²) in [6.07, 6.45) is 5.68. The van der Waals surface area contributed by atoms with Crippen LogP contribution in [-0.4, -0.2) is 13.3 Å². The van der Waals surface area contributed by atoms with Gasteiger partial charge in [0, 0.05) is 11.2 Å². The molecule has 44 heavy (non-hydrogen) atoms. The zero-order valence-corrected chi connectivity index (χ0v) is 25.9. The Kier molecular flexibility index (Phi) is 6.40. The zero-order valence-electron chi connectivity index (χ0n) is 25.0. The van der Waals surface area contributed by atoms with Crippen LogP contribution in [0.1, 0.15) is 22.6 Å². The second-order valence-electron chi connectivity index (χ2n) is 12.4. The third-order valence-electron chi connectivity index (χ3n) is 9.30. The second kappa shape index (κ2) is 10.5. The Morgan fingerprint density at radius 1 is 0.568 bits per heavy atom. The fourth-order valence-corrected chi connectivity index (χ4v) is 7.93. The number of hydrogen-bond acceptors (Lipinski definition) is 1. The highest BCUT2D eigenvalue weighted by Crippen LogP contribution is 2.46. The molecular weight excluding hydrogens is 551 g/mol. The van der Waals surface area contributed by atoms with Crippen molar-refractivity contribution in [1.82, 2.24) is 0 Å². The molecule has 0 aromatic heterocycles. The number of hydrogen-bond donors (Lipinski definition) is 0. The van der Waals surface area contributed by atoms with Crippen LogP contribution in [0.25, 0.3) is 60.6 Å². The van der Waals surface area contributed by atoms with E-state index < -0.39 is 7.14 Å².